The van der Waals surface area contributed by atoms with Gasteiger partial charge in [0.2, 0.25) is 5.95 Å². The summed E-state index contributed by atoms with van der Waals surface area (Å²) in [4.78, 5) is 8.02. The van der Waals surface area contributed by atoms with E-state index in [9.17, 15) is 4.39 Å². The summed E-state index contributed by atoms with van der Waals surface area (Å²) in [5, 5.41) is 3.74. The van der Waals surface area contributed by atoms with Crippen molar-refractivity contribution in [2.75, 3.05) is 5.32 Å². The van der Waals surface area contributed by atoms with E-state index >= 15 is 0 Å². The zero-order chi connectivity index (χ0) is 11.5. The molecule has 0 bridgehead atoms. The lowest BCUT2D eigenvalue weighted by molar-refractivity contribution is 0.241. The van der Waals surface area contributed by atoms with Crippen molar-refractivity contribution in [1.29, 1.82) is 0 Å². The van der Waals surface area contributed by atoms with Crippen molar-refractivity contribution in [1.82, 2.24) is 9.97 Å². The van der Waals surface area contributed by atoms with Gasteiger partial charge in [-0.3, -0.25) is 0 Å². The quantitative estimate of drug-likeness (QED) is 0.831. The molecule has 0 unspecified atom stereocenters. The van der Waals surface area contributed by atoms with Crippen molar-refractivity contribution in [3.05, 3.63) is 16.4 Å². The van der Waals surface area contributed by atoms with E-state index in [1.54, 1.807) is 0 Å². The Labute approximate surface area is 103 Å². The molecule has 88 valence electrons. The summed E-state index contributed by atoms with van der Waals surface area (Å²) in [5.74, 6) is 0.416. The number of hydrogen-bond acceptors (Lipinski definition) is 3. The smallest absolute Gasteiger partial charge is 0.225 e. The normalized spacial score (nSPS) is 25.4. The predicted octanol–water partition coefficient (Wildman–Crippen LogP) is 3.48. The maximum atomic E-state index is 12.9. The molecule has 1 aromatic rings. The van der Waals surface area contributed by atoms with Gasteiger partial charge < -0.3 is 5.32 Å². The highest BCUT2D eigenvalue weighted by molar-refractivity contribution is 6.33. The van der Waals surface area contributed by atoms with Crippen LogP contribution in [0.2, 0.25) is 10.3 Å². The molecule has 1 saturated carbocycles. The minimum atomic E-state index is -0.665. The molecule has 1 aliphatic carbocycles. The second-order valence-corrected chi connectivity index (χ2v) is 4.70. The van der Waals surface area contributed by atoms with Gasteiger partial charge in [0.15, 0.2) is 0 Å². The van der Waals surface area contributed by atoms with Gasteiger partial charge in [-0.15, -0.1) is 0 Å². The first kappa shape index (κ1) is 11.9. The molecule has 0 aliphatic heterocycles. The summed E-state index contributed by atoms with van der Waals surface area (Å²) in [6.07, 6.45) is 2.09. The molecule has 1 aromatic heterocycles. The maximum Gasteiger partial charge on any atom is 0.225 e. The molecule has 0 aromatic carbocycles. The van der Waals surface area contributed by atoms with E-state index in [1.807, 2.05) is 0 Å². The van der Waals surface area contributed by atoms with Crippen LogP contribution in [0.15, 0.2) is 6.07 Å². The Hall–Kier alpha value is -0.610. The molecule has 0 saturated heterocycles. The van der Waals surface area contributed by atoms with E-state index in [1.165, 1.54) is 6.07 Å². The van der Waals surface area contributed by atoms with Crippen molar-refractivity contribution in [3.63, 3.8) is 0 Å². The number of anilines is 1. The van der Waals surface area contributed by atoms with Crippen molar-refractivity contribution < 1.29 is 4.39 Å². The highest BCUT2D eigenvalue weighted by Crippen LogP contribution is 2.24. The molecule has 3 nitrogen and oxygen atoms in total. The Kier molecular flexibility index (Phi) is 3.82. The lowest BCUT2D eigenvalue weighted by Gasteiger charge is -2.25. The molecule has 0 spiro atoms. The predicted molar refractivity (Wildman–Crippen MR) is 62.8 cm³/mol. The molecular weight excluding hydrogens is 252 g/mol. The highest BCUT2D eigenvalue weighted by atomic mass is 35.5. The van der Waals surface area contributed by atoms with Gasteiger partial charge in [-0.1, -0.05) is 23.2 Å². The molecule has 0 amide bonds. The van der Waals surface area contributed by atoms with Gasteiger partial charge in [0.1, 0.15) is 16.5 Å². The van der Waals surface area contributed by atoms with Gasteiger partial charge in [0.05, 0.1) is 0 Å². The highest BCUT2D eigenvalue weighted by Gasteiger charge is 2.21. The number of rotatable bonds is 2. The second-order valence-electron chi connectivity index (χ2n) is 3.93. The standard InChI is InChI=1S/C10H12Cl2FN3/c11-8-5-9(12)16-10(15-8)14-7-3-1-6(13)2-4-7/h5-7H,1-4H2,(H,14,15,16). The Balaban J connectivity index is 1.98. The number of hydrogen-bond donors (Lipinski definition) is 1. The zero-order valence-corrected chi connectivity index (χ0v) is 10.1. The molecule has 6 heteroatoms. The fraction of sp³-hybridized carbons (Fsp3) is 0.600. The van der Waals surface area contributed by atoms with Crippen molar-refractivity contribution in [3.8, 4) is 0 Å². The van der Waals surface area contributed by atoms with E-state index < -0.39 is 6.17 Å². The average molecular weight is 264 g/mol. The molecule has 0 radical (unpaired) electrons. The maximum absolute atomic E-state index is 12.9. The van der Waals surface area contributed by atoms with Crippen molar-refractivity contribution >= 4 is 29.2 Å². The minimum absolute atomic E-state index is 0.210. The number of nitrogens with zero attached hydrogens (tertiary/aromatic N) is 2. The monoisotopic (exact) mass is 263 g/mol. The summed E-state index contributed by atoms with van der Waals surface area (Å²) < 4.78 is 12.9. The second kappa shape index (κ2) is 5.15. The lowest BCUT2D eigenvalue weighted by atomic mass is 9.94. The van der Waals surface area contributed by atoms with Crippen LogP contribution in [0, 0.1) is 0 Å². The molecule has 0 atom stereocenters. The van der Waals surface area contributed by atoms with Gasteiger partial charge in [0.25, 0.3) is 0 Å². The molecule has 1 N–H and O–H groups in total. The number of aromatic nitrogens is 2. The lowest BCUT2D eigenvalue weighted by Crippen LogP contribution is -2.27. The van der Waals surface area contributed by atoms with Gasteiger partial charge in [-0.2, -0.15) is 0 Å². The van der Waals surface area contributed by atoms with Gasteiger partial charge in [-0.05, 0) is 25.7 Å². The average Bonchev–Trinajstić information content (AvgIpc) is 2.20. The van der Waals surface area contributed by atoms with Crippen LogP contribution in [0.3, 0.4) is 0 Å². The largest absolute Gasteiger partial charge is 0.351 e. The van der Waals surface area contributed by atoms with Crippen LogP contribution < -0.4 is 5.32 Å². The topological polar surface area (TPSA) is 37.8 Å². The van der Waals surface area contributed by atoms with Gasteiger partial charge in [0, 0.05) is 12.1 Å². The first-order valence-corrected chi connectivity index (χ1v) is 6.00. The fourth-order valence-corrected chi connectivity index (χ4v) is 2.26. The molecular formula is C10H12Cl2FN3. The number of alkyl halides is 1. The van der Waals surface area contributed by atoms with E-state index in [-0.39, 0.29) is 6.04 Å². The molecule has 2 rings (SSSR count). The zero-order valence-electron chi connectivity index (χ0n) is 8.59. The summed E-state index contributed by atoms with van der Waals surface area (Å²) in [5.41, 5.74) is 0. The van der Waals surface area contributed by atoms with E-state index in [2.05, 4.69) is 15.3 Å². The van der Waals surface area contributed by atoms with Crippen LogP contribution in [-0.4, -0.2) is 22.2 Å². The Morgan fingerprint density at radius 3 is 2.25 bits per heavy atom. The van der Waals surface area contributed by atoms with Crippen molar-refractivity contribution in [2.24, 2.45) is 0 Å². The number of nitrogens with one attached hydrogen (secondary N) is 1. The SMILES string of the molecule is FC1CCC(Nc2nc(Cl)cc(Cl)n2)CC1. The molecule has 1 fully saturated rings. The van der Waals surface area contributed by atoms with Gasteiger partial charge >= 0.3 is 0 Å². The third-order valence-corrected chi connectivity index (χ3v) is 3.04. The Morgan fingerprint density at radius 2 is 1.69 bits per heavy atom. The summed E-state index contributed by atoms with van der Waals surface area (Å²) in [6.45, 7) is 0. The first-order chi connectivity index (χ1) is 7.63. The third-order valence-electron chi connectivity index (χ3n) is 2.65. The Bertz CT molecular complexity index is 347. The fourth-order valence-electron chi connectivity index (χ4n) is 1.83. The van der Waals surface area contributed by atoms with E-state index in [0.717, 1.165) is 12.8 Å². The summed E-state index contributed by atoms with van der Waals surface area (Å²) >= 11 is 11.5. The first-order valence-electron chi connectivity index (χ1n) is 5.24. The van der Waals surface area contributed by atoms with Gasteiger partial charge in [-0.25, -0.2) is 14.4 Å². The molecule has 16 heavy (non-hydrogen) atoms. The van der Waals surface area contributed by atoms with Crippen LogP contribution in [0.25, 0.3) is 0 Å². The molecule has 1 heterocycles. The van der Waals surface area contributed by atoms with Crippen molar-refractivity contribution in [2.45, 2.75) is 37.9 Å². The van der Waals surface area contributed by atoms with Crippen LogP contribution in [0.1, 0.15) is 25.7 Å². The summed E-state index contributed by atoms with van der Waals surface area (Å²) in [7, 11) is 0. The third kappa shape index (κ3) is 3.19. The van der Waals surface area contributed by atoms with Crippen LogP contribution >= 0.6 is 23.2 Å². The van der Waals surface area contributed by atoms with Crippen LogP contribution in [0.5, 0.6) is 0 Å². The van der Waals surface area contributed by atoms with Crippen LogP contribution in [0.4, 0.5) is 10.3 Å². The van der Waals surface area contributed by atoms with E-state index in [0.29, 0.717) is 29.1 Å². The minimum Gasteiger partial charge on any atom is -0.351 e. The van der Waals surface area contributed by atoms with Crippen LogP contribution in [-0.2, 0) is 0 Å². The Morgan fingerprint density at radius 1 is 1.12 bits per heavy atom. The van der Waals surface area contributed by atoms with E-state index in [4.69, 9.17) is 23.2 Å². The summed E-state index contributed by atoms with van der Waals surface area (Å²) in [6, 6.07) is 1.69. The molecule has 1 aliphatic rings. The number of halogens is 3.